The molecule has 4 nitrogen and oxygen atoms in total. The minimum atomic E-state index is -0.0534. The summed E-state index contributed by atoms with van der Waals surface area (Å²) in [4.78, 5) is 25.2. The zero-order chi connectivity index (χ0) is 11.1. The summed E-state index contributed by atoms with van der Waals surface area (Å²) in [5.74, 6) is 0.0225. The molecule has 0 saturated heterocycles. The van der Waals surface area contributed by atoms with Crippen molar-refractivity contribution in [2.45, 2.75) is 12.8 Å². The van der Waals surface area contributed by atoms with Gasteiger partial charge in [-0.15, -0.1) is 0 Å². The van der Waals surface area contributed by atoms with E-state index < -0.39 is 0 Å². The van der Waals surface area contributed by atoms with E-state index in [9.17, 15) is 9.59 Å². The summed E-state index contributed by atoms with van der Waals surface area (Å²) in [6.45, 7) is 0. The van der Waals surface area contributed by atoms with Crippen molar-refractivity contribution in [2.75, 3.05) is 28.2 Å². The van der Waals surface area contributed by atoms with Crippen LogP contribution in [0.5, 0.6) is 0 Å². The Morgan fingerprint density at radius 3 is 2.07 bits per heavy atom. The Hall–Kier alpha value is -1.32. The van der Waals surface area contributed by atoms with Crippen molar-refractivity contribution in [3.63, 3.8) is 0 Å². The Morgan fingerprint density at radius 2 is 1.64 bits per heavy atom. The second-order valence-corrected chi connectivity index (χ2v) is 3.46. The molecule has 0 aliphatic carbocycles. The van der Waals surface area contributed by atoms with E-state index in [-0.39, 0.29) is 11.8 Å². The van der Waals surface area contributed by atoms with Crippen LogP contribution in [-0.4, -0.2) is 49.8 Å². The lowest BCUT2D eigenvalue weighted by molar-refractivity contribution is -0.128. The normalized spacial score (nSPS) is 10.3. The number of likely N-dealkylation sites (N-methyl/N-ethyl adjacent to an activating group) is 1. The van der Waals surface area contributed by atoms with E-state index in [0.717, 1.165) is 0 Å². The lowest BCUT2D eigenvalue weighted by atomic mass is 10.2. The molecule has 0 bridgehead atoms. The third-order valence-electron chi connectivity index (χ3n) is 1.72. The number of amides is 2. The second kappa shape index (κ2) is 6.18. The van der Waals surface area contributed by atoms with Gasteiger partial charge in [-0.05, 0) is 12.5 Å². The Kier molecular flexibility index (Phi) is 5.60. The third-order valence-corrected chi connectivity index (χ3v) is 1.72. The second-order valence-electron chi connectivity index (χ2n) is 3.46. The lowest BCUT2D eigenvalue weighted by Crippen LogP contribution is -2.21. The number of allylic oxidation sites excluding steroid dienone is 1. The Bertz CT molecular complexity index is 232. The van der Waals surface area contributed by atoms with E-state index >= 15 is 0 Å². The molecule has 0 fully saturated rings. The quantitative estimate of drug-likeness (QED) is 0.617. The number of hydrogen-bond donors (Lipinski definition) is 0. The molecule has 0 aromatic heterocycles. The molecule has 0 saturated carbocycles. The first kappa shape index (κ1) is 12.7. The van der Waals surface area contributed by atoms with Crippen LogP contribution in [0.2, 0.25) is 0 Å². The molecule has 0 heterocycles. The molecule has 80 valence electrons. The van der Waals surface area contributed by atoms with Gasteiger partial charge in [-0.3, -0.25) is 9.59 Å². The van der Waals surface area contributed by atoms with Crippen LogP contribution in [-0.2, 0) is 9.59 Å². The van der Waals surface area contributed by atoms with Crippen LogP contribution >= 0.6 is 0 Å². The van der Waals surface area contributed by atoms with E-state index in [4.69, 9.17) is 0 Å². The van der Waals surface area contributed by atoms with Crippen molar-refractivity contribution in [2.24, 2.45) is 0 Å². The summed E-state index contributed by atoms with van der Waals surface area (Å²) in [5.41, 5.74) is 0. The van der Waals surface area contributed by atoms with Gasteiger partial charge in [0.05, 0.1) is 0 Å². The maximum Gasteiger partial charge on any atom is 0.245 e. The van der Waals surface area contributed by atoms with E-state index in [1.165, 1.54) is 11.0 Å². The Morgan fingerprint density at radius 1 is 1.07 bits per heavy atom. The molecule has 0 spiro atoms. The minimum absolute atomic E-state index is 0.0534. The summed E-state index contributed by atoms with van der Waals surface area (Å²) < 4.78 is 0. The SMILES string of the molecule is CN(C)C(=O)/C=C/CCC(=O)N(C)C. The highest BCUT2D eigenvalue weighted by molar-refractivity contribution is 5.87. The average Bonchev–Trinajstić information content (AvgIpc) is 2.11. The van der Waals surface area contributed by atoms with Crippen molar-refractivity contribution < 1.29 is 9.59 Å². The monoisotopic (exact) mass is 198 g/mol. The van der Waals surface area contributed by atoms with Crippen LogP contribution in [0.15, 0.2) is 12.2 Å². The fraction of sp³-hybridized carbons (Fsp3) is 0.600. The van der Waals surface area contributed by atoms with Crippen molar-refractivity contribution in [1.29, 1.82) is 0 Å². The standard InChI is InChI=1S/C10H18N2O2/c1-11(2)9(13)7-5-6-8-10(14)12(3)4/h5,7H,6,8H2,1-4H3/b7-5+. The summed E-state index contributed by atoms with van der Waals surface area (Å²) >= 11 is 0. The van der Waals surface area contributed by atoms with Gasteiger partial charge < -0.3 is 9.80 Å². The van der Waals surface area contributed by atoms with Gasteiger partial charge in [0.2, 0.25) is 11.8 Å². The zero-order valence-electron chi connectivity index (χ0n) is 9.28. The number of carbonyl (C=O) groups excluding carboxylic acids is 2. The predicted octanol–water partition coefficient (Wildman–Crippen LogP) is 0.499. The van der Waals surface area contributed by atoms with E-state index in [1.54, 1.807) is 39.2 Å². The topological polar surface area (TPSA) is 40.6 Å². The molecule has 0 aliphatic rings. The molecule has 0 rings (SSSR count). The van der Waals surface area contributed by atoms with Gasteiger partial charge >= 0.3 is 0 Å². The number of rotatable bonds is 4. The molecule has 14 heavy (non-hydrogen) atoms. The first-order valence-electron chi connectivity index (χ1n) is 4.53. The van der Waals surface area contributed by atoms with Gasteiger partial charge in [-0.2, -0.15) is 0 Å². The zero-order valence-corrected chi connectivity index (χ0v) is 9.28. The summed E-state index contributed by atoms with van der Waals surface area (Å²) in [7, 11) is 6.82. The number of carbonyl (C=O) groups is 2. The minimum Gasteiger partial charge on any atom is -0.349 e. The fourth-order valence-corrected chi connectivity index (χ4v) is 0.764. The molecule has 0 aromatic carbocycles. The molecule has 0 atom stereocenters. The van der Waals surface area contributed by atoms with Crippen LogP contribution in [0.25, 0.3) is 0 Å². The first-order chi connectivity index (χ1) is 6.45. The highest BCUT2D eigenvalue weighted by Crippen LogP contribution is 1.95. The number of nitrogens with zero attached hydrogens (tertiary/aromatic N) is 2. The van der Waals surface area contributed by atoms with Crippen LogP contribution in [0, 0.1) is 0 Å². The molecule has 4 heteroatoms. The summed E-state index contributed by atoms with van der Waals surface area (Å²) in [5, 5.41) is 0. The molecule has 2 amide bonds. The molecule has 0 aromatic rings. The van der Waals surface area contributed by atoms with Crippen LogP contribution in [0.3, 0.4) is 0 Å². The first-order valence-corrected chi connectivity index (χ1v) is 4.53. The van der Waals surface area contributed by atoms with Crippen molar-refractivity contribution >= 4 is 11.8 Å². The maximum absolute atomic E-state index is 11.1. The van der Waals surface area contributed by atoms with E-state index in [1.807, 2.05) is 0 Å². The van der Waals surface area contributed by atoms with Crippen molar-refractivity contribution in [1.82, 2.24) is 9.80 Å². The van der Waals surface area contributed by atoms with Crippen molar-refractivity contribution in [3.8, 4) is 0 Å². The molecule has 0 N–H and O–H groups in total. The van der Waals surface area contributed by atoms with Gasteiger partial charge in [-0.25, -0.2) is 0 Å². The molecular formula is C10H18N2O2. The smallest absolute Gasteiger partial charge is 0.245 e. The summed E-state index contributed by atoms with van der Waals surface area (Å²) in [6.07, 6.45) is 4.27. The lowest BCUT2D eigenvalue weighted by Gasteiger charge is -2.08. The van der Waals surface area contributed by atoms with Gasteiger partial charge in [0.15, 0.2) is 0 Å². The highest BCUT2D eigenvalue weighted by atomic mass is 16.2. The Labute approximate surface area is 85.2 Å². The number of hydrogen-bond acceptors (Lipinski definition) is 2. The van der Waals surface area contributed by atoms with Crippen molar-refractivity contribution in [3.05, 3.63) is 12.2 Å². The maximum atomic E-state index is 11.1. The van der Waals surface area contributed by atoms with Crippen LogP contribution < -0.4 is 0 Å². The molecular weight excluding hydrogens is 180 g/mol. The molecule has 0 radical (unpaired) electrons. The van der Waals surface area contributed by atoms with Gasteiger partial charge in [0.25, 0.3) is 0 Å². The van der Waals surface area contributed by atoms with E-state index in [2.05, 4.69) is 0 Å². The predicted molar refractivity (Wildman–Crippen MR) is 55.8 cm³/mol. The van der Waals surface area contributed by atoms with E-state index in [0.29, 0.717) is 12.8 Å². The van der Waals surface area contributed by atoms with Gasteiger partial charge in [-0.1, -0.05) is 6.08 Å². The Balaban J connectivity index is 3.74. The van der Waals surface area contributed by atoms with Crippen LogP contribution in [0.1, 0.15) is 12.8 Å². The van der Waals surface area contributed by atoms with Gasteiger partial charge in [0.1, 0.15) is 0 Å². The molecule has 0 unspecified atom stereocenters. The largest absolute Gasteiger partial charge is 0.349 e. The van der Waals surface area contributed by atoms with Gasteiger partial charge in [0, 0.05) is 34.6 Å². The fourth-order valence-electron chi connectivity index (χ4n) is 0.764. The highest BCUT2D eigenvalue weighted by Gasteiger charge is 2.01. The summed E-state index contributed by atoms with van der Waals surface area (Å²) in [6, 6.07) is 0. The van der Waals surface area contributed by atoms with Crippen LogP contribution in [0.4, 0.5) is 0 Å². The molecule has 0 aliphatic heterocycles. The average molecular weight is 198 g/mol. The third kappa shape index (κ3) is 5.35.